The zero-order chi connectivity index (χ0) is 18.3. The largest absolute Gasteiger partial charge is 0.356 e. The topological polar surface area (TPSA) is 69.7 Å². The zero-order valence-corrected chi connectivity index (χ0v) is 16.7. The monoisotopic (exact) mass is 373 g/mol. The molecule has 0 saturated carbocycles. The number of piperidine rings is 2. The van der Waals surface area contributed by atoms with Crippen LogP contribution in [0.3, 0.4) is 0 Å². The van der Waals surface area contributed by atoms with Gasteiger partial charge in [-0.15, -0.1) is 0 Å². The SMILES string of the molecule is CC[C@H]1CCCCN1CCCNC(=O)[C@H]1CCCN(S(=O)(=O)CC)C1. The summed E-state index contributed by atoms with van der Waals surface area (Å²) in [5, 5.41) is 3.03. The van der Waals surface area contributed by atoms with Crippen LogP contribution in [0.25, 0.3) is 0 Å². The molecule has 1 N–H and O–H groups in total. The van der Waals surface area contributed by atoms with E-state index in [1.807, 2.05) is 0 Å². The molecule has 25 heavy (non-hydrogen) atoms. The third kappa shape index (κ3) is 5.93. The maximum atomic E-state index is 12.4. The second kappa shape index (κ2) is 9.88. The maximum absolute atomic E-state index is 12.4. The first-order valence-corrected chi connectivity index (χ1v) is 11.6. The van der Waals surface area contributed by atoms with Gasteiger partial charge in [-0.2, -0.15) is 0 Å². The van der Waals surface area contributed by atoms with Gasteiger partial charge in [0.25, 0.3) is 0 Å². The highest BCUT2D eigenvalue weighted by Gasteiger charge is 2.31. The van der Waals surface area contributed by atoms with Crippen LogP contribution in [-0.4, -0.2) is 68.0 Å². The molecule has 146 valence electrons. The van der Waals surface area contributed by atoms with Crippen molar-refractivity contribution in [1.82, 2.24) is 14.5 Å². The summed E-state index contributed by atoms with van der Waals surface area (Å²) in [6.45, 7) is 7.70. The Morgan fingerprint density at radius 1 is 1.12 bits per heavy atom. The Balaban J connectivity index is 1.71. The molecule has 1 amide bonds. The summed E-state index contributed by atoms with van der Waals surface area (Å²) in [4.78, 5) is 14.9. The van der Waals surface area contributed by atoms with Gasteiger partial charge in [0, 0.05) is 32.2 Å². The van der Waals surface area contributed by atoms with Gasteiger partial charge in [0.2, 0.25) is 15.9 Å². The molecular formula is C18H35N3O3S. The van der Waals surface area contributed by atoms with Gasteiger partial charge in [-0.25, -0.2) is 12.7 Å². The number of sulfonamides is 1. The quantitative estimate of drug-likeness (QED) is 0.659. The number of hydrogen-bond acceptors (Lipinski definition) is 4. The molecule has 2 heterocycles. The third-order valence-corrected chi connectivity index (χ3v) is 7.50. The normalized spacial score (nSPS) is 26.5. The van der Waals surface area contributed by atoms with E-state index in [9.17, 15) is 13.2 Å². The predicted octanol–water partition coefficient (Wildman–Crippen LogP) is 1.82. The van der Waals surface area contributed by atoms with Gasteiger partial charge in [0.1, 0.15) is 0 Å². The number of amides is 1. The minimum atomic E-state index is -3.19. The van der Waals surface area contributed by atoms with Crippen LogP contribution in [-0.2, 0) is 14.8 Å². The number of carbonyl (C=O) groups is 1. The van der Waals surface area contributed by atoms with Gasteiger partial charge in [-0.05, 0) is 52.0 Å². The highest BCUT2D eigenvalue weighted by atomic mass is 32.2. The van der Waals surface area contributed by atoms with Crippen molar-refractivity contribution < 1.29 is 13.2 Å². The molecule has 6 nitrogen and oxygen atoms in total. The maximum Gasteiger partial charge on any atom is 0.224 e. The van der Waals surface area contributed by atoms with Crippen molar-refractivity contribution in [3.05, 3.63) is 0 Å². The molecule has 0 aromatic carbocycles. The van der Waals surface area contributed by atoms with E-state index in [1.165, 1.54) is 36.5 Å². The Morgan fingerprint density at radius 3 is 2.64 bits per heavy atom. The minimum absolute atomic E-state index is 0.0155. The lowest BCUT2D eigenvalue weighted by molar-refractivity contribution is -0.126. The second-order valence-electron chi connectivity index (χ2n) is 7.34. The highest BCUT2D eigenvalue weighted by Crippen LogP contribution is 2.20. The van der Waals surface area contributed by atoms with Crippen molar-refractivity contribution in [2.24, 2.45) is 5.92 Å². The number of nitrogens with zero attached hydrogens (tertiary/aromatic N) is 2. The Hall–Kier alpha value is -0.660. The van der Waals surface area contributed by atoms with Gasteiger partial charge in [-0.3, -0.25) is 4.79 Å². The Bertz CT molecular complexity index is 524. The summed E-state index contributed by atoms with van der Waals surface area (Å²) in [5.74, 6) is -0.0781. The first-order valence-electron chi connectivity index (χ1n) is 9.97. The molecule has 0 aromatic rings. The van der Waals surface area contributed by atoms with E-state index in [0.717, 1.165) is 25.8 Å². The molecule has 2 saturated heterocycles. The molecule has 2 rings (SSSR count). The minimum Gasteiger partial charge on any atom is -0.356 e. The fourth-order valence-corrected chi connectivity index (χ4v) is 5.23. The molecule has 0 aliphatic carbocycles. The lowest BCUT2D eigenvalue weighted by Crippen LogP contribution is -2.46. The Labute approximate surface area is 153 Å². The molecule has 2 fully saturated rings. The zero-order valence-electron chi connectivity index (χ0n) is 15.9. The van der Waals surface area contributed by atoms with Gasteiger partial charge >= 0.3 is 0 Å². The number of rotatable bonds is 8. The molecule has 2 aliphatic rings. The molecule has 0 bridgehead atoms. The lowest BCUT2D eigenvalue weighted by atomic mass is 9.98. The van der Waals surface area contributed by atoms with Crippen molar-refractivity contribution in [1.29, 1.82) is 0 Å². The second-order valence-corrected chi connectivity index (χ2v) is 9.59. The standard InChI is InChI=1S/C18H35N3O3S/c1-3-17-10-5-6-12-20(17)13-8-11-19-18(22)16-9-7-14-21(15-16)25(23,24)4-2/h16-17H,3-15H2,1-2H3,(H,19,22)/t16-,17-/m0/s1. The van der Waals surface area contributed by atoms with Gasteiger partial charge in [0.15, 0.2) is 0 Å². The van der Waals surface area contributed by atoms with E-state index in [-0.39, 0.29) is 17.6 Å². The molecule has 0 spiro atoms. The van der Waals surface area contributed by atoms with E-state index < -0.39 is 10.0 Å². The van der Waals surface area contributed by atoms with Crippen LogP contribution < -0.4 is 5.32 Å². The number of carbonyl (C=O) groups excluding carboxylic acids is 1. The van der Waals surface area contributed by atoms with E-state index in [0.29, 0.717) is 25.7 Å². The molecule has 0 aromatic heterocycles. The van der Waals surface area contributed by atoms with Crippen LogP contribution in [0.15, 0.2) is 0 Å². The first-order chi connectivity index (χ1) is 12.0. The van der Waals surface area contributed by atoms with Gasteiger partial charge in [-0.1, -0.05) is 13.3 Å². The van der Waals surface area contributed by atoms with Crippen LogP contribution in [0, 0.1) is 5.92 Å². The van der Waals surface area contributed by atoms with Gasteiger partial charge < -0.3 is 10.2 Å². The van der Waals surface area contributed by atoms with E-state index >= 15 is 0 Å². The van der Waals surface area contributed by atoms with Crippen molar-refractivity contribution in [2.45, 2.75) is 64.8 Å². The summed E-state index contributed by atoms with van der Waals surface area (Å²) in [7, 11) is -3.19. The predicted molar refractivity (Wildman–Crippen MR) is 101 cm³/mol. The van der Waals surface area contributed by atoms with E-state index in [1.54, 1.807) is 6.92 Å². The number of likely N-dealkylation sites (tertiary alicyclic amines) is 1. The summed E-state index contributed by atoms with van der Waals surface area (Å²) in [5.41, 5.74) is 0. The first kappa shape index (κ1) is 20.6. The molecular weight excluding hydrogens is 338 g/mol. The van der Waals surface area contributed by atoms with Crippen molar-refractivity contribution in [3.63, 3.8) is 0 Å². The summed E-state index contributed by atoms with van der Waals surface area (Å²) in [6, 6.07) is 0.704. The van der Waals surface area contributed by atoms with E-state index in [2.05, 4.69) is 17.1 Å². The summed E-state index contributed by atoms with van der Waals surface area (Å²) in [6.07, 6.45) is 7.64. The highest BCUT2D eigenvalue weighted by molar-refractivity contribution is 7.89. The van der Waals surface area contributed by atoms with Crippen molar-refractivity contribution in [3.8, 4) is 0 Å². The fraction of sp³-hybridized carbons (Fsp3) is 0.944. The van der Waals surface area contributed by atoms with Crippen LogP contribution in [0.2, 0.25) is 0 Å². The van der Waals surface area contributed by atoms with Crippen LogP contribution in [0.1, 0.15) is 58.8 Å². The molecule has 2 atom stereocenters. The lowest BCUT2D eigenvalue weighted by Gasteiger charge is -2.35. The van der Waals surface area contributed by atoms with Crippen LogP contribution >= 0.6 is 0 Å². The average Bonchev–Trinajstić information content (AvgIpc) is 2.65. The Morgan fingerprint density at radius 2 is 1.92 bits per heavy atom. The van der Waals surface area contributed by atoms with E-state index in [4.69, 9.17) is 0 Å². The van der Waals surface area contributed by atoms with Crippen LogP contribution in [0.4, 0.5) is 0 Å². The van der Waals surface area contributed by atoms with Crippen molar-refractivity contribution in [2.75, 3.05) is 38.5 Å². The number of nitrogens with one attached hydrogen (secondary N) is 1. The Kier molecular flexibility index (Phi) is 8.16. The number of hydrogen-bond donors (Lipinski definition) is 1. The van der Waals surface area contributed by atoms with Gasteiger partial charge in [0.05, 0.1) is 11.7 Å². The molecule has 7 heteroatoms. The summed E-state index contributed by atoms with van der Waals surface area (Å²) < 4.78 is 25.5. The third-order valence-electron chi connectivity index (χ3n) is 5.65. The molecule has 0 radical (unpaired) electrons. The average molecular weight is 374 g/mol. The van der Waals surface area contributed by atoms with Crippen LogP contribution in [0.5, 0.6) is 0 Å². The molecule has 0 unspecified atom stereocenters. The molecule has 2 aliphatic heterocycles. The van der Waals surface area contributed by atoms with Crippen molar-refractivity contribution >= 4 is 15.9 Å². The fourth-order valence-electron chi connectivity index (χ4n) is 4.05. The summed E-state index contributed by atoms with van der Waals surface area (Å²) >= 11 is 0. The smallest absolute Gasteiger partial charge is 0.224 e.